The smallest absolute Gasteiger partial charge is 0.238 e. The highest BCUT2D eigenvalue weighted by atomic mass is 32.2. The lowest BCUT2D eigenvalue weighted by atomic mass is 10.0. The van der Waals surface area contributed by atoms with Gasteiger partial charge in [0.05, 0.1) is 4.90 Å². The van der Waals surface area contributed by atoms with Gasteiger partial charge >= 0.3 is 0 Å². The van der Waals surface area contributed by atoms with E-state index in [1.807, 2.05) is 13.0 Å². The van der Waals surface area contributed by atoms with Crippen molar-refractivity contribution in [1.29, 1.82) is 0 Å². The SMILES string of the molecule is CC(C)CCC(C)NC(C)c1cccc(S(N)(=O)=O)c1. The fourth-order valence-corrected chi connectivity index (χ4v) is 2.72. The molecule has 1 aromatic carbocycles. The molecule has 0 aliphatic carbocycles. The van der Waals surface area contributed by atoms with Gasteiger partial charge in [-0.2, -0.15) is 0 Å². The summed E-state index contributed by atoms with van der Waals surface area (Å²) in [5.74, 6) is 0.695. The number of sulfonamides is 1. The Kier molecular flexibility index (Phi) is 6.17. The molecule has 0 saturated heterocycles. The molecule has 1 aromatic rings. The van der Waals surface area contributed by atoms with Crippen LogP contribution in [0.3, 0.4) is 0 Å². The minimum absolute atomic E-state index is 0.0962. The van der Waals surface area contributed by atoms with Gasteiger partial charge in [-0.25, -0.2) is 13.6 Å². The molecule has 20 heavy (non-hydrogen) atoms. The first-order chi connectivity index (χ1) is 9.20. The van der Waals surface area contributed by atoms with Gasteiger partial charge in [0.25, 0.3) is 0 Å². The molecule has 1 rings (SSSR count). The van der Waals surface area contributed by atoms with Crippen LogP contribution in [0.4, 0.5) is 0 Å². The van der Waals surface area contributed by atoms with E-state index >= 15 is 0 Å². The second-order valence-electron chi connectivity index (χ2n) is 5.88. The standard InChI is InChI=1S/C15H26N2O2S/c1-11(2)8-9-12(3)17-13(4)14-6-5-7-15(10-14)20(16,18)19/h5-7,10-13,17H,8-9H2,1-4H3,(H2,16,18,19). The van der Waals surface area contributed by atoms with Gasteiger partial charge in [-0.15, -0.1) is 0 Å². The van der Waals surface area contributed by atoms with Gasteiger partial charge in [0.15, 0.2) is 0 Å². The molecular weight excluding hydrogens is 272 g/mol. The van der Waals surface area contributed by atoms with Crippen molar-refractivity contribution in [3.63, 3.8) is 0 Å². The van der Waals surface area contributed by atoms with Crippen LogP contribution in [0, 0.1) is 5.92 Å². The molecule has 114 valence electrons. The summed E-state index contributed by atoms with van der Waals surface area (Å²) in [4.78, 5) is 0.165. The van der Waals surface area contributed by atoms with Crippen LogP contribution < -0.4 is 10.5 Å². The van der Waals surface area contributed by atoms with E-state index in [9.17, 15) is 8.42 Å². The van der Waals surface area contributed by atoms with E-state index in [-0.39, 0.29) is 10.9 Å². The molecule has 2 atom stereocenters. The van der Waals surface area contributed by atoms with Gasteiger partial charge < -0.3 is 5.32 Å². The molecule has 0 aliphatic heterocycles. The van der Waals surface area contributed by atoms with Gasteiger partial charge in [-0.05, 0) is 50.3 Å². The predicted molar refractivity (Wildman–Crippen MR) is 82.9 cm³/mol. The number of rotatable bonds is 7. The van der Waals surface area contributed by atoms with E-state index in [1.54, 1.807) is 12.1 Å². The van der Waals surface area contributed by atoms with Crippen LogP contribution in [0.2, 0.25) is 0 Å². The minimum Gasteiger partial charge on any atom is -0.308 e. The molecule has 0 bridgehead atoms. The highest BCUT2D eigenvalue weighted by Gasteiger charge is 2.13. The molecular formula is C15H26N2O2S. The molecule has 0 fully saturated rings. The average molecular weight is 298 g/mol. The third kappa shape index (κ3) is 5.61. The molecule has 0 aromatic heterocycles. The topological polar surface area (TPSA) is 72.2 Å². The molecule has 0 amide bonds. The van der Waals surface area contributed by atoms with Crippen molar-refractivity contribution >= 4 is 10.0 Å². The number of primary sulfonamides is 1. The zero-order valence-corrected chi connectivity index (χ0v) is 13.6. The van der Waals surface area contributed by atoms with Crippen molar-refractivity contribution in [2.75, 3.05) is 0 Å². The van der Waals surface area contributed by atoms with E-state index in [4.69, 9.17) is 5.14 Å². The molecule has 0 heterocycles. The number of hydrogen-bond acceptors (Lipinski definition) is 3. The second-order valence-corrected chi connectivity index (χ2v) is 7.44. The fourth-order valence-electron chi connectivity index (χ4n) is 2.15. The van der Waals surface area contributed by atoms with Gasteiger partial charge in [-0.1, -0.05) is 26.0 Å². The Labute approximate surface area is 122 Å². The number of benzene rings is 1. The third-order valence-electron chi connectivity index (χ3n) is 3.40. The minimum atomic E-state index is -3.64. The summed E-state index contributed by atoms with van der Waals surface area (Å²) < 4.78 is 22.7. The van der Waals surface area contributed by atoms with Crippen LogP contribution in [-0.4, -0.2) is 14.5 Å². The van der Waals surface area contributed by atoms with Crippen molar-refractivity contribution in [3.05, 3.63) is 29.8 Å². The molecule has 0 spiro atoms. The van der Waals surface area contributed by atoms with Gasteiger partial charge in [0, 0.05) is 12.1 Å². The summed E-state index contributed by atoms with van der Waals surface area (Å²) in [6.45, 7) is 8.62. The van der Waals surface area contributed by atoms with Crippen LogP contribution in [0.5, 0.6) is 0 Å². The van der Waals surface area contributed by atoms with Crippen LogP contribution in [0.1, 0.15) is 52.1 Å². The highest BCUT2D eigenvalue weighted by molar-refractivity contribution is 7.89. The fraction of sp³-hybridized carbons (Fsp3) is 0.600. The van der Waals surface area contributed by atoms with Crippen molar-refractivity contribution in [1.82, 2.24) is 5.32 Å². The van der Waals surface area contributed by atoms with Crippen molar-refractivity contribution < 1.29 is 8.42 Å². The van der Waals surface area contributed by atoms with E-state index < -0.39 is 10.0 Å². The predicted octanol–water partition coefficient (Wildman–Crippen LogP) is 2.81. The Morgan fingerprint density at radius 2 is 1.80 bits per heavy atom. The van der Waals surface area contributed by atoms with E-state index in [0.717, 1.165) is 12.0 Å². The van der Waals surface area contributed by atoms with Crippen molar-refractivity contribution in [3.8, 4) is 0 Å². The average Bonchev–Trinajstić information content (AvgIpc) is 2.35. The zero-order valence-electron chi connectivity index (χ0n) is 12.8. The second kappa shape index (κ2) is 7.20. The van der Waals surface area contributed by atoms with Crippen LogP contribution in [0.25, 0.3) is 0 Å². The van der Waals surface area contributed by atoms with Crippen molar-refractivity contribution in [2.24, 2.45) is 11.1 Å². The molecule has 0 saturated carbocycles. The maximum atomic E-state index is 11.4. The normalized spacial score (nSPS) is 15.3. The summed E-state index contributed by atoms with van der Waals surface area (Å²) in [6, 6.07) is 7.30. The van der Waals surface area contributed by atoms with Gasteiger partial charge in [0.2, 0.25) is 10.0 Å². The maximum absolute atomic E-state index is 11.4. The van der Waals surface area contributed by atoms with Crippen molar-refractivity contribution in [2.45, 2.75) is 57.5 Å². The molecule has 5 heteroatoms. The first kappa shape index (κ1) is 17.1. The highest BCUT2D eigenvalue weighted by Crippen LogP contribution is 2.18. The summed E-state index contributed by atoms with van der Waals surface area (Å²) in [5, 5.41) is 8.65. The largest absolute Gasteiger partial charge is 0.308 e. The van der Waals surface area contributed by atoms with E-state index in [2.05, 4.69) is 26.1 Å². The first-order valence-corrected chi connectivity index (χ1v) is 8.63. The lowest BCUT2D eigenvalue weighted by Gasteiger charge is -2.21. The third-order valence-corrected chi connectivity index (χ3v) is 4.31. The molecule has 3 N–H and O–H groups in total. The number of nitrogens with one attached hydrogen (secondary N) is 1. The Hall–Kier alpha value is -0.910. The molecule has 0 radical (unpaired) electrons. The quantitative estimate of drug-likeness (QED) is 0.813. The Morgan fingerprint density at radius 1 is 1.15 bits per heavy atom. The summed E-state index contributed by atoms with van der Waals surface area (Å²) in [5.41, 5.74) is 0.938. The summed E-state index contributed by atoms with van der Waals surface area (Å²) in [7, 11) is -3.64. The summed E-state index contributed by atoms with van der Waals surface area (Å²) in [6.07, 6.45) is 2.29. The van der Waals surface area contributed by atoms with Gasteiger partial charge in [-0.3, -0.25) is 0 Å². The van der Waals surface area contributed by atoms with Crippen LogP contribution in [0.15, 0.2) is 29.2 Å². The Balaban J connectivity index is 2.70. The Bertz CT molecular complexity index is 526. The Morgan fingerprint density at radius 3 is 2.35 bits per heavy atom. The first-order valence-electron chi connectivity index (χ1n) is 7.09. The summed E-state index contributed by atoms with van der Waals surface area (Å²) >= 11 is 0. The van der Waals surface area contributed by atoms with Crippen LogP contribution in [-0.2, 0) is 10.0 Å². The van der Waals surface area contributed by atoms with E-state index in [1.165, 1.54) is 12.5 Å². The molecule has 0 aliphatic rings. The lowest BCUT2D eigenvalue weighted by molar-refractivity contribution is 0.417. The van der Waals surface area contributed by atoms with E-state index in [0.29, 0.717) is 12.0 Å². The van der Waals surface area contributed by atoms with Gasteiger partial charge in [0.1, 0.15) is 0 Å². The number of nitrogens with two attached hydrogens (primary N) is 1. The molecule has 2 unspecified atom stereocenters. The maximum Gasteiger partial charge on any atom is 0.238 e. The monoisotopic (exact) mass is 298 g/mol. The lowest BCUT2D eigenvalue weighted by Crippen LogP contribution is -2.29. The number of hydrogen-bond donors (Lipinski definition) is 2. The zero-order chi connectivity index (χ0) is 15.3. The van der Waals surface area contributed by atoms with Crippen LogP contribution >= 0.6 is 0 Å². The molecule has 4 nitrogen and oxygen atoms in total.